The number of nitrogens with zero attached hydrogens (tertiary/aromatic N) is 1. The minimum absolute atomic E-state index is 0.0945. The number of amides is 3. The van der Waals surface area contributed by atoms with Crippen molar-refractivity contribution in [1.82, 2.24) is 10.2 Å². The first kappa shape index (κ1) is 23.0. The molecule has 3 rings (SSSR count). The largest absolute Gasteiger partial charge is 0.395 e. The highest BCUT2D eigenvalue weighted by Crippen LogP contribution is 2.13. The summed E-state index contributed by atoms with van der Waals surface area (Å²) in [4.78, 5) is 26.7. The van der Waals surface area contributed by atoms with Gasteiger partial charge in [0.2, 0.25) is 0 Å². The molecule has 166 valence electrons. The molecule has 6 heteroatoms. The number of carbonyl (C=O) groups excluding carboxylic acids is 2. The number of rotatable bonds is 9. The Morgan fingerprint density at radius 3 is 2.31 bits per heavy atom. The van der Waals surface area contributed by atoms with E-state index < -0.39 is 0 Å². The molecule has 32 heavy (non-hydrogen) atoms. The van der Waals surface area contributed by atoms with Crippen LogP contribution in [0.1, 0.15) is 27.0 Å². The van der Waals surface area contributed by atoms with E-state index in [1.807, 2.05) is 73.7 Å². The van der Waals surface area contributed by atoms with E-state index in [1.54, 1.807) is 17.0 Å². The molecule has 3 aromatic carbocycles. The Labute approximate surface area is 188 Å². The maximum atomic E-state index is 12.6. The number of hydrogen-bond donors (Lipinski definition) is 3. The van der Waals surface area contributed by atoms with Crippen molar-refractivity contribution < 1.29 is 14.7 Å². The second-order valence-electron chi connectivity index (χ2n) is 7.63. The van der Waals surface area contributed by atoms with Gasteiger partial charge in [0, 0.05) is 30.9 Å². The van der Waals surface area contributed by atoms with Crippen molar-refractivity contribution in [2.45, 2.75) is 19.9 Å². The molecule has 0 aliphatic carbocycles. The SMILES string of the molecule is Cc1ccc(C(=O)Nc2cccc(CNC(=O)N(CCO)CCc3ccccc3)c2)cc1. The standard InChI is InChI=1S/C26H29N3O3/c1-20-10-12-23(13-11-20)25(31)28-24-9-5-8-22(18-24)19-27-26(32)29(16-17-30)15-14-21-6-3-2-4-7-21/h2-13,18,30H,14-17,19H2,1H3,(H,27,32)(H,28,31). The van der Waals surface area contributed by atoms with Gasteiger partial charge in [-0.3, -0.25) is 4.79 Å². The van der Waals surface area contributed by atoms with Gasteiger partial charge < -0.3 is 20.6 Å². The van der Waals surface area contributed by atoms with E-state index in [2.05, 4.69) is 10.6 Å². The summed E-state index contributed by atoms with van der Waals surface area (Å²) in [6.45, 7) is 2.99. The first-order valence-corrected chi connectivity index (χ1v) is 10.7. The minimum Gasteiger partial charge on any atom is -0.395 e. The second kappa shape index (κ2) is 11.7. The van der Waals surface area contributed by atoms with Crippen molar-refractivity contribution in [2.24, 2.45) is 0 Å². The predicted octanol–water partition coefficient (Wildman–Crippen LogP) is 3.99. The molecule has 0 saturated heterocycles. The van der Waals surface area contributed by atoms with E-state index in [0.29, 0.717) is 24.3 Å². The van der Waals surface area contributed by atoms with Crippen LogP contribution in [0.5, 0.6) is 0 Å². The zero-order chi connectivity index (χ0) is 22.8. The van der Waals surface area contributed by atoms with Crippen molar-refractivity contribution in [3.63, 3.8) is 0 Å². The van der Waals surface area contributed by atoms with Crippen LogP contribution in [0, 0.1) is 6.92 Å². The van der Waals surface area contributed by atoms with Gasteiger partial charge in [0.25, 0.3) is 5.91 Å². The van der Waals surface area contributed by atoms with E-state index in [4.69, 9.17) is 0 Å². The topological polar surface area (TPSA) is 81.7 Å². The lowest BCUT2D eigenvalue weighted by atomic mass is 10.1. The zero-order valence-corrected chi connectivity index (χ0v) is 18.3. The lowest BCUT2D eigenvalue weighted by molar-refractivity contribution is 0.102. The van der Waals surface area contributed by atoms with Crippen molar-refractivity contribution in [3.05, 3.63) is 101 Å². The van der Waals surface area contributed by atoms with E-state index in [9.17, 15) is 14.7 Å². The average Bonchev–Trinajstić information content (AvgIpc) is 2.81. The third-order valence-corrected chi connectivity index (χ3v) is 5.11. The molecule has 0 spiro atoms. The Morgan fingerprint density at radius 2 is 1.59 bits per heavy atom. The Kier molecular flexibility index (Phi) is 8.40. The zero-order valence-electron chi connectivity index (χ0n) is 18.3. The summed E-state index contributed by atoms with van der Waals surface area (Å²) < 4.78 is 0. The van der Waals surface area contributed by atoms with Gasteiger partial charge in [0.15, 0.2) is 0 Å². The van der Waals surface area contributed by atoms with Gasteiger partial charge in [0.1, 0.15) is 0 Å². The highest BCUT2D eigenvalue weighted by molar-refractivity contribution is 6.04. The van der Waals surface area contributed by atoms with Gasteiger partial charge in [-0.15, -0.1) is 0 Å². The summed E-state index contributed by atoms with van der Waals surface area (Å²) in [6, 6.07) is 24.5. The summed E-state index contributed by atoms with van der Waals surface area (Å²) >= 11 is 0. The monoisotopic (exact) mass is 431 g/mol. The fourth-order valence-corrected chi connectivity index (χ4v) is 3.30. The fourth-order valence-electron chi connectivity index (χ4n) is 3.30. The average molecular weight is 432 g/mol. The molecule has 3 N–H and O–H groups in total. The molecule has 0 aliphatic heterocycles. The third kappa shape index (κ3) is 6.96. The quantitative estimate of drug-likeness (QED) is 0.479. The van der Waals surface area contributed by atoms with Gasteiger partial charge in [-0.2, -0.15) is 0 Å². The van der Waals surface area contributed by atoms with Gasteiger partial charge >= 0.3 is 6.03 Å². The summed E-state index contributed by atoms with van der Waals surface area (Å²) in [5.74, 6) is -0.179. The van der Waals surface area contributed by atoms with E-state index in [-0.39, 0.29) is 25.1 Å². The van der Waals surface area contributed by atoms with Crippen molar-refractivity contribution >= 4 is 17.6 Å². The molecule has 6 nitrogen and oxygen atoms in total. The number of benzene rings is 3. The Balaban J connectivity index is 1.55. The normalized spacial score (nSPS) is 10.4. The highest BCUT2D eigenvalue weighted by atomic mass is 16.3. The summed E-state index contributed by atoms with van der Waals surface area (Å²) in [5.41, 5.74) is 4.36. The lowest BCUT2D eigenvalue weighted by Gasteiger charge is -2.22. The van der Waals surface area contributed by atoms with E-state index in [0.717, 1.165) is 23.1 Å². The van der Waals surface area contributed by atoms with Crippen LogP contribution < -0.4 is 10.6 Å². The first-order valence-electron chi connectivity index (χ1n) is 10.7. The fraction of sp³-hybridized carbons (Fsp3) is 0.231. The van der Waals surface area contributed by atoms with Crippen LogP contribution in [0.2, 0.25) is 0 Å². The van der Waals surface area contributed by atoms with E-state index in [1.165, 1.54) is 0 Å². The number of nitrogens with one attached hydrogen (secondary N) is 2. The van der Waals surface area contributed by atoms with Gasteiger partial charge in [-0.1, -0.05) is 60.2 Å². The van der Waals surface area contributed by atoms with Crippen molar-refractivity contribution in [1.29, 1.82) is 0 Å². The summed E-state index contributed by atoms with van der Waals surface area (Å²) in [7, 11) is 0. The highest BCUT2D eigenvalue weighted by Gasteiger charge is 2.13. The molecule has 0 aromatic heterocycles. The predicted molar refractivity (Wildman–Crippen MR) is 127 cm³/mol. The second-order valence-corrected chi connectivity index (χ2v) is 7.63. The molecule has 0 atom stereocenters. The molecule has 0 fully saturated rings. The van der Waals surface area contributed by atoms with Crippen LogP contribution in [0.3, 0.4) is 0 Å². The van der Waals surface area contributed by atoms with Crippen LogP contribution in [0.15, 0.2) is 78.9 Å². The number of anilines is 1. The van der Waals surface area contributed by atoms with Gasteiger partial charge in [0.05, 0.1) is 6.61 Å². The van der Waals surface area contributed by atoms with Crippen LogP contribution >= 0.6 is 0 Å². The first-order chi connectivity index (χ1) is 15.5. The Hall–Kier alpha value is -3.64. The third-order valence-electron chi connectivity index (χ3n) is 5.11. The number of aliphatic hydroxyl groups excluding tert-OH is 1. The van der Waals surface area contributed by atoms with Crippen molar-refractivity contribution in [3.8, 4) is 0 Å². The molecule has 0 radical (unpaired) electrons. The van der Waals surface area contributed by atoms with Gasteiger partial charge in [-0.25, -0.2) is 4.79 Å². The molecule has 3 amide bonds. The number of urea groups is 1. The summed E-state index contributed by atoms with van der Waals surface area (Å²) in [5, 5.41) is 15.1. The maximum absolute atomic E-state index is 12.6. The number of aryl methyl sites for hydroxylation is 1. The van der Waals surface area contributed by atoms with Crippen LogP contribution in [0.25, 0.3) is 0 Å². The molecule has 0 aliphatic rings. The molecular formula is C26H29N3O3. The van der Waals surface area contributed by atoms with Crippen LogP contribution in [-0.4, -0.2) is 41.6 Å². The molecule has 3 aromatic rings. The number of hydrogen-bond acceptors (Lipinski definition) is 3. The van der Waals surface area contributed by atoms with Gasteiger partial charge in [-0.05, 0) is 48.7 Å². The Bertz CT molecular complexity index is 1020. The van der Waals surface area contributed by atoms with Crippen LogP contribution in [-0.2, 0) is 13.0 Å². The van der Waals surface area contributed by atoms with Crippen molar-refractivity contribution in [2.75, 3.05) is 25.0 Å². The molecule has 0 unspecified atom stereocenters. The minimum atomic E-state index is -0.232. The maximum Gasteiger partial charge on any atom is 0.317 e. The molecule has 0 heterocycles. The van der Waals surface area contributed by atoms with Crippen LogP contribution in [0.4, 0.5) is 10.5 Å². The summed E-state index contributed by atoms with van der Waals surface area (Å²) in [6.07, 6.45) is 0.717. The lowest BCUT2D eigenvalue weighted by Crippen LogP contribution is -2.42. The molecular weight excluding hydrogens is 402 g/mol. The Morgan fingerprint density at radius 1 is 0.875 bits per heavy atom. The molecule has 0 bridgehead atoms. The van der Waals surface area contributed by atoms with E-state index >= 15 is 0 Å². The number of aliphatic hydroxyl groups is 1. The number of carbonyl (C=O) groups is 2. The smallest absolute Gasteiger partial charge is 0.317 e. The molecule has 0 saturated carbocycles.